The second kappa shape index (κ2) is 7.76. The Bertz CT molecular complexity index is 743. The van der Waals surface area contributed by atoms with E-state index in [0.29, 0.717) is 23.7 Å². The summed E-state index contributed by atoms with van der Waals surface area (Å²) in [5, 5.41) is 0.582. The van der Waals surface area contributed by atoms with Gasteiger partial charge in [0.25, 0.3) is 5.91 Å². The highest BCUT2D eigenvalue weighted by molar-refractivity contribution is 6.30. The summed E-state index contributed by atoms with van der Waals surface area (Å²) < 4.78 is 34.6. The Labute approximate surface area is 148 Å². The number of alkyl halides is 2. The minimum Gasteiger partial charge on any atom is -0.439 e. The fourth-order valence-corrected chi connectivity index (χ4v) is 2.67. The Morgan fingerprint density at radius 2 is 2.00 bits per heavy atom. The maximum atomic E-state index is 12.5. The summed E-state index contributed by atoms with van der Waals surface area (Å²) >= 11 is 5.82. The summed E-state index contributed by atoms with van der Waals surface area (Å²) in [5.74, 6) is 0.447. The van der Waals surface area contributed by atoms with Gasteiger partial charge in [0.1, 0.15) is 11.4 Å². The maximum Gasteiger partial charge on any atom is 0.345 e. The average molecular weight is 369 g/mol. The molecule has 1 saturated heterocycles. The van der Waals surface area contributed by atoms with Crippen LogP contribution in [-0.4, -0.2) is 41.6 Å². The highest BCUT2D eigenvalue weighted by Gasteiger charge is 2.30. The van der Waals surface area contributed by atoms with Crippen molar-refractivity contribution in [3.8, 4) is 11.6 Å². The summed E-state index contributed by atoms with van der Waals surface area (Å²) in [7, 11) is 0. The molecule has 0 spiro atoms. The van der Waals surface area contributed by atoms with E-state index in [1.165, 1.54) is 4.90 Å². The van der Waals surface area contributed by atoms with E-state index in [1.807, 2.05) is 0 Å². The van der Waals surface area contributed by atoms with Crippen LogP contribution in [-0.2, 0) is 4.74 Å². The van der Waals surface area contributed by atoms with E-state index >= 15 is 0 Å². The number of amides is 1. The van der Waals surface area contributed by atoms with Crippen LogP contribution < -0.4 is 4.74 Å². The number of rotatable bonds is 5. The summed E-state index contributed by atoms with van der Waals surface area (Å²) in [4.78, 5) is 18.1. The second-order valence-electron chi connectivity index (χ2n) is 5.48. The molecule has 0 N–H and O–H groups in total. The lowest BCUT2D eigenvalue weighted by Crippen LogP contribution is -2.31. The third-order valence-electron chi connectivity index (χ3n) is 3.71. The first-order valence-electron chi connectivity index (χ1n) is 7.64. The molecule has 1 fully saturated rings. The molecule has 8 heteroatoms. The maximum absolute atomic E-state index is 12.5. The summed E-state index contributed by atoms with van der Waals surface area (Å²) in [5.41, 5.74) is 0.184. The minimum absolute atomic E-state index is 0.118. The number of pyridine rings is 1. The van der Waals surface area contributed by atoms with Gasteiger partial charge in [-0.3, -0.25) is 4.79 Å². The third kappa shape index (κ3) is 4.64. The third-order valence-corrected chi connectivity index (χ3v) is 3.96. The van der Waals surface area contributed by atoms with E-state index in [2.05, 4.69) is 9.72 Å². The zero-order valence-corrected chi connectivity index (χ0v) is 13.8. The van der Waals surface area contributed by atoms with Crippen molar-refractivity contribution >= 4 is 17.5 Å². The highest BCUT2D eigenvalue weighted by atomic mass is 35.5. The number of nitrogens with zero attached hydrogens (tertiary/aromatic N) is 2. The zero-order chi connectivity index (χ0) is 17.8. The number of likely N-dealkylation sites (tertiary alicyclic amines) is 1. The number of ether oxygens (including phenoxy) is 2. The Kier molecular flexibility index (Phi) is 5.45. The predicted octanol–water partition coefficient (Wildman–Crippen LogP) is 3.98. The molecule has 1 aromatic carbocycles. The van der Waals surface area contributed by atoms with E-state index in [9.17, 15) is 13.6 Å². The van der Waals surface area contributed by atoms with Gasteiger partial charge in [-0.2, -0.15) is 8.78 Å². The van der Waals surface area contributed by atoms with Gasteiger partial charge in [-0.1, -0.05) is 17.7 Å². The van der Waals surface area contributed by atoms with Crippen LogP contribution in [0.2, 0.25) is 5.02 Å². The molecule has 2 heterocycles. The number of benzene rings is 1. The van der Waals surface area contributed by atoms with Gasteiger partial charge in [0.05, 0.1) is 6.10 Å². The van der Waals surface area contributed by atoms with Crippen LogP contribution in [0.1, 0.15) is 16.9 Å². The lowest BCUT2D eigenvalue weighted by atomic mass is 10.3. The number of hydrogen-bond donors (Lipinski definition) is 0. The molecular weight excluding hydrogens is 354 g/mol. The van der Waals surface area contributed by atoms with E-state index in [-0.39, 0.29) is 24.0 Å². The molecular formula is C17H15ClF2N2O3. The fraction of sp³-hybridized carbons (Fsp3) is 0.294. The van der Waals surface area contributed by atoms with E-state index < -0.39 is 12.7 Å². The molecule has 1 aliphatic rings. The van der Waals surface area contributed by atoms with Crippen molar-refractivity contribution in [1.82, 2.24) is 9.88 Å². The molecule has 5 nitrogen and oxygen atoms in total. The Morgan fingerprint density at radius 3 is 2.72 bits per heavy atom. The zero-order valence-electron chi connectivity index (χ0n) is 13.1. The molecule has 1 atom stereocenters. The molecule has 0 bridgehead atoms. The van der Waals surface area contributed by atoms with Gasteiger partial charge >= 0.3 is 6.61 Å². The monoisotopic (exact) mass is 368 g/mol. The molecule has 132 valence electrons. The molecule has 0 aliphatic carbocycles. The first-order valence-corrected chi connectivity index (χ1v) is 8.02. The van der Waals surface area contributed by atoms with Crippen LogP contribution in [0.25, 0.3) is 0 Å². The number of aromatic nitrogens is 1. The Morgan fingerprint density at radius 1 is 1.24 bits per heavy atom. The molecule has 25 heavy (non-hydrogen) atoms. The van der Waals surface area contributed by atoms with Crippen LogP contribution in [0.15, 0.2) is 42.5 Å². The first kappa shape index (κ1) is 17.6. The number of carbonyl (C=O) groups is 1. The van der Waals surface area contributed by atoms with Crippen LogP contribution in [0, 0.1) is 0 Å². The van der Waals surface area contributed by atoms with Gasteiger partial charge in [0.15, 0.2) is 0 Å². The molecule has 0 unspecified atom stereocenters. The topological polar surface area (TPSA) is 51.7 Å². The normalized spacial score (nSPS) is 17.1. The molecule has 2 aromatic rings. The Hall–Kier alpha value is -2.25. The molecule has 0 radical (unpaired) electrons. The highest BCUT2D eigenvalue weighted by Crippen LogP contribution is 2.23. The summed E-state index contributed by atoms with van der Waals surface area (Å²) in [6.45, 7) is -2.37. The van der Waals surface area contributed by atoms with Crippen LogP contribution >= 0.6 is 11.6 Å². The molecule has 3 rings (SSSR count). The lowest BCUT2D eigenvalue weighted by Gasteiger charge is -2.16. The molecule has 0 saturated carbocycles. The summed E-state index contributed by atoms with van der Waals surface area (Å²) in [6.07, 6.45) is -0.283. The van der Waals surface area contributed by atoms with Gasteiger partial charge in [-0.25, -0.2) is 4.98 Å². The van der Waals surface area contributed by atoms with Gasteiger partial charge in [0.2, 0.25) is 5.88 Å². The van der Waals surface area contributed by atoms with Crippen LogP contribution in [0.3, 0.4) is 0 Å². The van der Waals surface area contributed by atoms with Gasteiger partial charge in [-0.05, 0) is 36.8 Å². The van der Waals surface area contributed by atoms with Crippen LogP contribution in [0.5, 0.6) is 11.6 Å². The second-order valence-corrected chi connectivity index (χ2v) is 5.91. The number of halogens is 3. The lowest BCUT2D eigenvalue weighted by molar-refractivity contribution is -0.158. The van der Waals surface area contributed by atoms with Gasteiger partial charge in [0, 0.05) is 24.2 Å². The fourth-order valence-electron chi connectivity index (χ4n) is 2.55. The quantitative estimate of drug-likeness (QED) is 0.801. The smallest absolute Gasteiger partial charge is 0.345 e. The van der Waals surface area contributed by atoms with Crippen molar-refractivity contribution in [3.63, 3.8) is 0 Å². The SMILES string of the molecule is O=C(c1cccc(Oc2ccc(Cl)cc2)n1)N1CC[C@H](OC(F)F)C1. The van der Waals surface area contributed by atoms with Gasteiger partial charge in [-0.15, -0.1) is 0 Å². The van der Waals surface area contributed by atoms with Crippen molar-refractivity contribution in [2.45, 2.75) is 19.1 Å². The predicted molar refractivity (Wildman–Crippen MR) is 87.2 cm³/mol. The first-order chi connectivity index (χ1) is 12.0. The Balaban J connectivity index is 1.66. The van der Waals surface area contributed by atoms with Gasteiger partial charge < -0.3 is 14.4 Å². The minimum atomic E-state index is -2.84. The number of carbonyl (C=O) groups excluding carboxylic acids is 1. The van der Waals surface area contributed by atoms with Crippen molar-refractivity contribution in [2.75, 3.05) is 13.1 Å². The van der Waals surface area contributed by atoms with Crippen molar-refractivity contribution in [3.05, 3.63) is 53.2 Å². The largest absolute Gasteiger partial charge is 0.439 e. The van der Waals surface area contributed by atoms with Crippen molar-refractivity contribution in [1.29, 1.82) is 0 Å². The van der Waals surface area contributed by atoms with E-state index in [4.69, 9.17) is 16.3 Å². The van der Waals surface area contributed by atoms with Crippen molar-refractivity contribution in [2.24, 2.45) is 0 Å². The number of hydrogen-bond acceptors (Lipinski definition) is 4. The standard InChI is InChI=1S/C17H15ClF2N2O3/c18-11-4-6-12(7-5-11)24-15-3-1-2-14(21-15)16(23)22-9-8-13(10-22)25-17(19)20/h1-7,13,17H,8-10H2/t13-/m0/s1. The average Bonchev–Trinajstić information content (AvgIpc) is 3.04. The summed E-state index contributed by atoms with van der Waals surface area (Å²) in [6, 6.07) is 11.6. The van der Waals surface area contributed by atoms with Crippen LogP contribution in [0.4, 0.5) is 8.78 Å². The van der Waals surface area contributed by atoms with Crippen molar-refractivity contribution < 1.29 is 23.0 Å². The molecule has 1 aliphatic heterocycles. The molecule has 1 amide bonds. The van der Waals surface area contributed by atoms with E-state index in [0.717, 1.165) is 0 Å². The van der Waals surface area contributed by atoms with E-state index in [1.54, 1.807) is 42.5 Å². The molecule has 1 aromatic heterocycles.